The molecule has 0 aromatic heterocycles. The number of carboxylic acids is 1. The molecule has 3 aliphatic rings. The third kappa shape index (κ3) is 7.37. The summed E-state index contributed by atoms with van der Waals surface area (Å²) in [6.45, 7) is 5.22. The number of allylic oxidation sites excluding steroid dienone is 1. The number of rotatable bonds is 1. The molecule has 1 amide bonds. The van der Waals surface area contributed by atoms with Crippen molar-refractivity contribution in [2.45, 2.75) is 77.1 Å². The van der Waals surface area contributed by atoms with Gasteiger partial charge in [-0.3, -0.25) is 4.79 Å². The first-order chi connectivity index (χ1) is 20.5. The minimum atomic E-state index is -3.94. The molecular weight excluding hydrogens is 588 g/mol. The number of amides is 1. The number of fused-ring (bicyclic) bond motifs is 3. The van der Waals surface area contributed by atoms with Crippen LogP contribution in [0.25, 0.3) is 0 Å². The van der Waals surface area contributed by atoms with Crippen LogP contribution in [-0.4, -0.2) is 43.7 Å². The molecule has 5 rings (SSSR count). The Bertz CT molecular complexity index is 1510. The van der Waals surface area contributed by atoms with Crippen LogP contribution < -0.4 is 14.4 Å². The molecule has 43 heavy (non-hydrogen) atoms. The number of nitrogens with one attached hydrogen (secondary N) is 1. The highest BCUT2D eigenvalue weighted by atomic mass is 35.5. The van der Waals surface area contributed by atoms with E-state index < -0.39 is 27.1 Å². The van der Waals surface area contributed by atoms with E-state index in [1.54, 1.807) is 25.1 Å². The fourth-order valence-electron chi connectivity index (χ4n) is 6.61. The molecular formula is C33H41ClN2O6S. The van der Waals surface area contributed by atoms with E-state index >= 15 is 0 Å². The molecule has 1 fully saturated rings. The fraction of sp³-hybridized carbons (Fsp3) is 0.515. The van der Waals surface area contributed by atoms with Crippen LogP contribution in [0, 0.1) is 17.8 Å². The number of halogens is 1. The summed E-state index contributed by atoms with van der Waals surface area (Å²) in [4.78, 5) is 27.4. The van der Waals surface area contributed by atoms with Crippen LogP contribution in [0.5, 0.6) is 5.75 Å². The van der Waals surface area contributed by atoms with Gasteiger partial charge in [-0.05, 0) is 118 Å². The molecule has 2 aromatic carbocycles. The van der Waals surface area contributed by atoms with Crippen molar-refractivity contribution in [3.8, 4) is 5.75 Å². The van der Waals surface area contributed by atoms with Gasteiger partial charge in [0.05, 0.1) is 10.9 Å². The number of aliphatic carboxylic acids is 1. The van der Waals surface area contributed by atoms with Crippen molar-refractivity contribution in [2.24, 2.45) is 17.8 Å². The minimum Gasteiger partial charge on any atom is -0.487 e. The maximum absolute atomic E-state index is 13.3. The van der Waals surface area contributed by atoms with Crippen molar-refractivity contribution in [2.75, 3.05) is 18.0 Å². The average Bonchev–Trinajstić information content (AvgIpc) is 2.96. The van der Waals surface area contributed by atoms with Gasteiger partial charge < -0.3 is 14.7 Å². The van der Waals surface area contributed by atoms with Crippen molar-refractivity contribution in [1.82, 2.24) is 4.72 Å². The van der Waals surface area contributed by atoms with Crippen molar-refractivity contribution < 1.29 is 27.9 Å². The first kappa shape index (κ1) is 31.4. The first-order valence-electron chi connectivity index (χ1n) is 15.3. The van der Waals surface area contributed by atoms with Crippen molar-refractivity contribution >= 4 is 39.2 Å². The Morgan fingerprint density at radius 2 is 1.86 bits per heavy atom. The molecule has 1 aliphatic carbocycles. The lowest BCUT2D eigenvalue weighted by Gasteiger charge is -2.42. The number of carbonyl (C=O) groups excluding carboxylic acids is 1. The lowest BCUT2D eigenvalue weighted by atomic mass is 9.68. The summed E-state index contributed by atoms with van der Waals surface area (Å²) >= 11 is 6.31. The maximum atomic E-state index is 13.3. The third-order valence-electron chi connectivity index (χ3n) is 9.55. The summed E-state index contributed by atoms with van der Waals surface area (Å²) in [5, 5.41) is 9.57. The second kappa shape index (κ2) is 13.3. The molecule has 2 N–H and O–H groups in total. The van der Waals surface area contributed by atoms with Crippen LogP contribution in [-0.2, 0) is 27.8 Å². The predicted octanol–water partition coefficient (Wildman–Crippen LogP) is 6.37. The van der Waals surface area contributed by atoms with E-state index in [9.17, 15) is 23.1 Å². The van der Waals surface area contributed by atoms with E-state index in [4.69, 9.17) is 16.3 Å². The molecule has 0 unspecified atom stereocenters. The maximum Gasteiger partial charge on any atom is 0.328 e. The Balaban J connectivity index is 1.55. The van der Waals surface area contributed by atoms with Gasteiger partial charge in [-0.15, -0.1) is 0 Å². The summed E-state index contributed by atoms with van der Waals surface area (Å²) in [5.41, 5.74) is 4.13. The van der Waals surface area contributed by atoms with Gasteiger partial charge in [-0.25, -0.2) is 17.9 Å². The van der Waals surface area contributed by atoms with Crippen LogP contribution in [0.4, 0.5) is 5.69 Å². The summed E-state index contributed by atoms with van der Waals surface area (Å²) in [5.74, 6) is -0.780. The minimum absolute atomic E-state index is 0.154. The molecule has 0 saturated heterocycles. The standard InChI is InChI=1S/C33H41ClN2O6S/c1-21-6-5-8-24(18-32(37)38)29-13-10-26(29)19-36-15-4-3-7-23-16-28(34)12-9-27(23)20-42-31-14-11-25(17-30(31)36)33(39)35-43(40,41)22(21)2/h9,11-12,14,16-18,21-22,26,29H,3-8,10,13,15,19-20H2,1-2H3,(H,35,39)(H,37,38)/b24-18-/t21-,22+,26-,29-/m0/s1. The molecule has 2 aromatic rings. The Kier molecular flexibility index (Phi) is 9.71. The van der Waals surface area contributed by atoms with Gasteiger partial charge in [0.2, 0.25) is 10.0 Å². The number of carbonyl (C=O) groups is 2. The zero-order valence-electron chi connectivity index (χ0n) is 24.9. The van der Waals surface area contributed by atoms with Gasteiger partial charge in [-0.1, -0.05) is 30.2 Å². The number of hydrogen-bond donors (Lipinski definition) is 2. The Labute approximate surface area is 259 Å². The number of sulfonamides is 1. The molecule has 4 atom stereocenters. The molecule has 8 nitrogen and oxygen atoms in total. The van der Waals surface area contributed by atoms with Gasteiger partial charge in [0.1, 0.15) is 12.4 Å². The fourth-order valence-corrected chi connectivity index (χ4v) is 8.12. The van der Waals surface area contributed by atoms with Crippen molar-refractivity contribution in [3.63, 3.8) is 0 Å². The number of carboxylic acid groups (broad SMARTS) is 1. The molecule has 232 valence electrons. The molecule has 0 radical (unpaired) electrons. The molecule has 2 bridgehead atoms. The van der Waals surface area contributed by atoms with Crippen LogP contribution in [0.1, 0.15) is 80.3 Å². The molecule has 1 saturated carbocycles. The monoisotopic (exact) mass is 628 g/mol. The number of hydrogen-bond acceptors (Lipinski definition) is 6. The molecule has 0 spiro atoms. The number of benzene rings is 2. The van der Waals surface area contributed by atoms with E-state index in [0.29, 0.717) is 49.7 Å². The number of ether oxygens (including phenoxy) is 1. The normalized spacial score (nSPS) is 27.4. The third-order valence-corrected chi connectivity index (χ3v) is 11.7. The van der Waals surface area contributed by atoms with Crippen LogP contribution >= 0.6 is 11.6 Å². The Hall–Kier alpha value is -3.04. The topological polar surface area (TPSA) is 113 Å². The van der Waals surface area contributed by atoms with Crippen molar-refractivity contribution in [3.05, 3.63) is 69.8 Å². The van der Waals surface area contributed by atoms with Crippen LogP contribution in [0.2, 0.25) is 5.02 Å². The zero-order valence-corrected chi connectivity index (χ0v) is 26.4. The summed E-state index contributed by atoms with van der Waals surface area (Å²) in [6, 6.07) is 10.9. The number of anilines is 1. The second-order valence-corrected chi connectivity index (χ2v) is 14.8. The predicted molar refractivity (Wildman–Crippen MR) is 168 cm³/mol. The lowest BCUT2D eigenvalue weighted by molar-refractivity contribution is -0.131. The van der Waals surface area contributed by atoms with Gasteiger partial charge in [0.25, 0.3) is 5.91 Å². The Morgan fingerprint density at radius 1 is 1.05 bits per heavy atom. The van der Waals surface area contributed by atoms with Crippen molar-refractivity contribution in [1.29, 1.82) is 0 Å². The summed E-state index contributed by atoms with van der Waals surface area (Å²) < 4.78 is 35.1. The highest BCUT2D eigenvalue weighted by Crippen LogP contribution is 2.44. The van der Waals surface area contributed by atoms with Gasteiger partial charge in [-0.2, -0.15) is 0 Å². The largest absolute Gasteiger partial charge is 0.487 e. The van der Waals surface area contributed by atoms with E-state index in [1.165, 1.54) is 6.08 Å². The average molecular weight is 629 g/mol. The van der Waals surface area contributed by atoms with Crippen LogP contribution in [0.15, 0.2) is 48.0 Å². The lowest BCUT2D eigenvalue weighted by Crippen LogP contribution is -2.41. The van der Waals surface area contributed by atoms with E-state index in [2.05, 4.69) is 9.62 Å². The summed E-state index contributed by atoms with van der Waals surface area (Å²) in [6.07, 6.45) is 7.89. The second-order valence-electron chi connectivity index (χ2n) is 12.3. The SMILES string of the molecule is C[C@@H]1[C@@H](C)CCC/C(=C/C(=O)O)[C@@H]2CC[C@H]2CN2CCCCc3cc(Cl)ccc3COc3ccc(cc32)C(=O)NS1(=O)=O. The van der Waals surface area contributed by atoms with E-state index in [1.807, 2.05) is 25.1 Å². The first-order valence-corrected chi connectivity index (χ1v) is 17.2. The zero-order chi connectivity index (χ0) is 30.7. The highest BCUT2D eigenvalue weighted by molar-refractivity contribution is 7.90. The van der Waals surface area contributed by atoms with Gasteiger partial charge in [0.15, 0.2) is 0 Å². The molecule has 2 aliphatic heterocycles. The summed E-state index contributed by atoms with van der Waals surface area (Å²) in [7, 11) is -3.94. The molecule has 10 heteroatoms. The quantitative estimate of drug-likeness (QED) is 0.353. The van der Waals surface area contributed by atoms with Gasteiger partial charge in [0, 0.05) is 29.8 Å². The Morgan fingerprint density at radius 3 is 2.60 bits per heavy atom. The number of aryl methyl sites for hydroxylation is 1. The van der Waals surface area contributed by atoms with E-state index in [-0.39, 0.29) is 23.3 Å². The van der Waals surface area contributed by atoms with E-state index in [0.717, 1.165) is 54.5 Å². The number of nitrogens with zero attached hydrogens (tertiary/aromatic N) is 1. The highest BCUT2D eigenvalue weighted by Gasteiger charge is 2.36. The van der Waals surface area contributed by atoms with Gasteiger partial charge >= 0.3 is 5.97 Å². The van der Waals surface area contributed by atoms with Crippen LogP contribution in [0.3, 0.4) is 0 Å². The molecule has 2 heterocycles. The smallest absolute Gasteiger partial charge is 0.328 e.